The Morgan fingerprint density at radius 2 is 1.86 bits per heavy atom. The van der Waals surface area contributed by atoms with Gasteiger partial charge in [0, 0.05) is 25.2 Å². The minimum absolute atomic E-state index is 0.593. The Hall–Kier alpha value is -1.32. The first kappa shape index (κ1) is 14.6. The fourth-order valence-electron chi connectivity index (χ4n) is 3.63. The standard InChI is InChI=1S/C17H28N4/c1-14-7-6-10-21(12-14)17-11-16(18-13-19-17)20-15-8-4-2-3-5-9-15/h11,13-15H,2-10,12H2,1H3,(H,18,19,20). The second kappa shape index (κ2) is 7.10. The first-order chi connectivity index (χ1) is 10.3. The van der Waals surface area contributed by atoms with Gasteiger partial charge in [0.25, 0.3) is 0 Å². The van der Waals surface area contributed by atoms with Gasteiger partial charge in [-0.3, -0.25) is 0 Å². The van der Waals surface area contributed by atoms with Crippen molar-refractivity contribution in [2.45, 2.75) is 64.3 Å². The molecular weight excluding hydrogens is 260 g/mol. The Morgan fingerprint density at radius 3 is 2.62 bits per heavy atom. The molecular formula is C17H28N4. The summed E-state index contributed by atoms with van der Waals surface area (Å²) in [6.45, 7) is 4.59. The maximum atomic E-state index is 4.48. The second-order valence-electron chi connectivity index (χ2n) is 6.79. The van der Waals surface area contributed by atoms with Crippen LogP contribution in [0, 0.1) is 5.92 Å². The van der Waals surface area contributed by atoms with Gasteiger partial charge in [-0.25, -0.2) is 9.97 Å². The molecule has 0 aromatic carbocycles. The number of anilines is 2. The minimum atomic E-state index is 0.593. The molecule has 1 N–H and O–H groups in total. The van der Waals surface area contributed by atoms with Crippen molar-refractivity contribution in [3.05, 3.63) is 12.4 Å². The van der Waals surface area contributed by atoms with Crippen LogP contribution in [0.1, 0.15) is 58.3 Å². The van der Waals surface area contributed by atoms with Gasteiger partial charge in [0.05, 0.1) is 0 Å². The SMILES string of the molecule is CC1CCCN(c2cc(NC3CCCCCC3)ncn2)C1. The average molecular weight is 288 g/mol. The van der Waals surface area contributed by atoms with E-state index in [9.17, 15) is 0 Å². The zero-order valence-electron chi connectivity index (χ0n) is 13.2. The highest BCUT2D eigenvalue weighted by atomic mass is 15.2. The minimum Gasteiger partial charge on any atom is -0.367 e. The number of nitrogens with one attached hydrogen (secondary N) is 1. The van der Waals surface area contributed by atoms with Crippen molar-refractivity contribution >= 4 is 11.6 Å². The molecule has 1 atom stereocenters. The Kier molecular flexibility index (Phi) is 4.94. The fourth-order valence-corrected chi connectivity index (χ4v) is 3.63. The van der Waals surface area contributed by atoms with Crippen LogP contribution >= 0.6 is 0 Å². The third kappa shape index (κ3) is 4.08. The molecule has 1 saturated carbocycles. The highest BCUT2D eigenvalue weighted by molar-refractivity contribution is 5.49. The third-order valence-electron chi connectivity index (χ3n) is 4.84. The van der Waals surface area contributed by atoms with Crippen molar-refractivity contribution in [3.8, 4) is 0 Å². The summed E-state index contributed by atoms with van der Waals surface area (Å²) in [5.74, 6) is 2.87. The predicted octanol–water partition coefficient (Wildman–Crippen LogP) is 3.85. The molecule has 21 heavy (non-hydrogen) atoms. The highest BCUT2D eigenvalue weighted by Gasteiger charge is 2.18. The zero-order valence-corrected chi connectivity index (χ0v) is 13.2. The van der Waals surface area contributed by atoms with E-state index in [1.807, 2.05) is 0 Å². The highest BCUT2D eigenvalue weighted by Crippen LogP contribution is 2.24. The Labute approximate surface area is 128 Å². The van der Waals surface area contributed by atoms with Crippen LogP contribution in [0.2, 0.25) is 0 Å². The monoisotopic (exact) mass is 288 g/mol. The molecule has 0 spiro atoms. The Balaban J connectivity index is 1.64. The van der Waals surface area contributed by atoms with Crippen LogP contribution in [0.15, 0.2) is 12.4 Å². The van der Waals surface area contributed by atoms with Crippen LogP contribution < -0.4 is 10.2 Å². The topological polar surface area (TPSA) is 41.0 Å². The van der Waals surface area contributed by atoms with E-state index in [0.717, 1.165) is 30.6 Å². The summed E-state index contributed by atoms with van der Waals surface area (Å²) in [5, 5.41) is 3.63. The maximum absolute atomic E-state index is 4.48. The lowest BCUT2D eigenvalue weighted by Crippen LogP contribution is -2.34. The summed E-state index contributed by atoms with van der Waals surface area (Å²) in [4.78, 5) is 11.3. The van der Waals surface area contributed by atoms with Crippen molar-refractivity contribution in [2.24, 2.45) is 5.92 Å². The van der Waals surface area contributed by atoms with E-state index >= 15 is 0 Å². The largest absolute Gasteiger partial charge is 0.367 e. The van der Waals surface area contributed by atoms with Crippen LogP contribution in [-0.2, 0) is 0 Å². The van der Waals surface area contributed by atoms with Crippen molar-refractivity contribution in [1.29, 1.82) is 0 Å². The molecule has 1 unspecified atom stereocenters. The summed E-state index contributed by atoms with van der Waals surface area (Å²) < 4.78 is 0. The molecule has 1 saturated heterocycles. The number of rotatable bonds is 3. The van der Waals surface area contributed by atoms with E-state index in [4.69, 9.17) is 0 Å². The lowest BCUT2D eigenvalue weighted by Gasteiger charge is -2.32. The Bertz CT molecular complexity index is 440. The van der Waals surface area contributed by atoms with Crippen molar-refractivity contribution in [3.63, 3.8) is 0 Å². The van der Waals surface area contributed by atoms with E-state index < -0.39 is 0 Å². The van der Waals surface area contributed by atoms with Gasteiger partial charge in [-0.2, -0.15) is 0 Å². The molecule has 3 rings (SSSR count). The summed E-state index contributed by atoms with van der Waals surface area (Å²) in [7, 11) is 0. The summed E-state index contributed by atoms with van der Waals surface area (Å²) in [6.07, 6.45) is 12.4. The molecule has 2 heterocycles. The molecule has 0 amide bonds. The fraction of sp³-hybridized carbons (Fsp3) is 0.765. The van der Waals surface area contributed by atoms with Crippen molar-refractivity contribution in [2.75, 3.05) is 23.3 Å². The van der Waals surface area contributed by atoms with E-state index in [-0.39, 0.29) is 0 Å². The summed E-state index contributed by atoms with van der Waals surface area (Å²) in [5.41, 5.74) is 0. The van der Waals surface area contributed by atoms with E-state index in [2.05, 4.69) is 33.2 Å². The van der Waals surface area contributed by atoms with Crippen LogP contribution in [0.3, 0.4) is 0 Å². The third-order valence-corrected chi connectivity index (χ3v) is 4.84. The maximum Gasteiger partial charge on any atom is 0.134 e. The number of piperidine rings is 1. The van der Waals surface area contributed by atoms with E-state index in [0.29, 0.717) is 6.04 Å². The summed E-state index contributed by atoms with van der Waals surface area (Å²) >= 11 is 0. The van der Waals surface area contributed by atoms with Gasteiger partial charge in [0.15, 0.2) is 0 Å². The summed E-state index contributed by atoms with van der Waals surface area (Å²) in [6, 6.07) is 2.73. The molecule has 2 fully saturated rings. The van der Waals surface area contributed by atoms with Crippen LogP contribution in [-0.4, -0.2) is 29.1 Å². The van der Waals surface area contributed by atoms with Gasteiger partial charge in [0.2, 0.25) is 0 Å². The average Bonchev–Trinajstić information content (AvgIpc) is 2.76. The Morgan fingerprint density at radius 1 is 1.05 bits per heavy atom. The number of hydrogen-bond donors (Lipinski definition) is 1. The quantitative estimate of drug-likeness (QED) is 0.858. The zero-order chi connectivity index (χ0) is 14.5. The molecule has 1 aromatic rings. The normalized spacial score (nSPS) is 24.6. The van der Waals surface area contributed by atoms with E-state index in [1.165, 1.54) is 51.4 Å². The van der Waals surface area contributed by atoms with Crippen LogP contribution in [0.25, 0.3) is 0 Å². The molecule has 1 aliphatic heterocycles. The van der Waals surface area contributed by atoms with E-state index in [1.54, 1.807) is 6.33 Å². The molecule has 2 aliphatic rings. The van der Waals surface area contributed by atoms with Gasteiger partial charge in [0.1, 0.15) is 18.0 Å². The molecule has 1 aromatic heterocycles. The van der Waals surface area contributed by atoms with Gasteiger partial charge < -0.3 is 10.2 Å². The van der Waals surface area contributed by atoms with Gasteiger partial charge in [-0.05, 0) is 31.6 Å². The number of nitrogens with zero attached hydrogens (tertiary/aromatic N) is 3. The van der Waals surface area contributed by atoms with Gasteiger partial charge >= 0.3 is 0 Å². The number of hydrogen-bond acceptors (Lipinski definition) is 4. The van der Waals surface area contributed by atoms with Gasteiger partial charge in [-0.15, -0.1) is 0 Å². The predicted molar refractivity (Wildman–Crippen MR) is 87.8 cm³/mol. The molecule has 0 radical (unpaired) electrons. The molecule has 4 heteroatoms. The molecule has 1 aliphatic carbocycles. The lowest BCUT2D eigenvalue weighted by molar-refractivity contribution is 0.444. The van der Waals surface area contributed by atoms with Gasteiger partial charge in [-0.1, -0.05) is 32.6 Å². The second-order valence-corrected chi connectivity index (χ2v) is 6.79. The first-order valence-corrected chi connectivity index (χ1v) is 8.65. The van der Waals surface area contributed by atoms with Crippen molar-refractivity contribution < 1.29 is 0 Å². The number of aromatic nitrogens is 2. The van der Waals surface area contributed by atoms with Crippen molar-refractivity contribution in [1.82, 2.24) is 9.97 Å². The molecule has 116 valence electrons. The lowest BCUT2D eigenvalue weighted by atomic mass is 10.0. The van der Waals surface area contributed by atoms with Crippen LogP contribution in [0.5, 0.6) is 0 Å². The smallest absolute Gasteiger partial charge is 0.134 e. The van der Waals surface area contributed by atoms with Crippen LogP contribution in [0.4, 0.5) is 11.6 Å². The molecule has 4 nitrogen and oxygen atoms in total. The first-order valence-electron chi connectivity index (χ1n) is 8.65. The molecule has 0 bridgehead atoms.